The Kier molecular flexibility index (Phi) is 4.26. The van der Waals surface area contributed by atoms with Crippen molar-refractivity contribution in [3.8, 4) is 0 Å². The maximum absolute atomic E-state index is 13.9. The van der Waals surface area contributed by atoms with Crippen molar-refractivity contribution in [1.82, 2.24) is 9.78 Å². The van der Waals surface area contributed by atoms with Gasteiger partial charge in [0.1, 0.15) is 11.6 Å². The van der Waals surface area contributed by atoms with Crippen LogP contribution in [0, 0.1) is 25.5 Å². The summed E-state index contributed by atoms with van der Waals surface area (Å²) in [5.41, 5.74) is 2.49. The predicted molar refractivity (Wildman–Crippen MR) is 74.4 cm³/mol. The van der Waals surface area contributed by atoms with E-state index in [1.165, 1.54) is 12.1 Å². The molecule has 0 aliphatic rings. The molecule has 0 aliphatic carbocycles. The van der Waals surface area contributed by atoms with E-state index in [0.29, 0.717) is 5.88 Å². The van der Waals surface area contributed by atoms with Gasteiger partial charge in [-0.15, -0.1) is 11.6 Å². The maximum atomic E-state index is 13.9. The highest BCUT2D eigenvalue weighted by Crippen LogP contribution is 2.24. The minimum atomic E-state index is -0.597. The van der Waals surface area contributed by atoms with Crippen LogP contribution >= 0.6 is 27.5 Å². The lowest BCUT2D eigenvalue weighted by atomic mass is 10.2. The quantitative estimate of drug-likeness (QED) is 0.596. The van der Waals surface area contributed by atoms with Crippen LogP contribution in [0.2, 0.25) is 0 Å². The molecule has 0 aliphatic heterocycles. The Morgan fingerprint density at radius 3 is 2.53 bits per heavy atom. The Morgan fingerprint density at radius 1 is 1.26 bits per heavy atom. The Labute approximate surface area is 123 Å². The number of alkyl halides is 1. The predicted octanol–water partition coefficient (Wildman–Crippen LogP) is 4.33. The minimum Gasteiger partial charge on any atom is -0.265 e. The summed E-state index contributed by atoms with van der Waals surface area (Å²) in [6.07, 6.45) is 0. The lowest BCUT2D eigenvalue weighted by Gasteiger charge is -2.08. The molecule has 0 atom stereocenters. The molecule has 0 saturated carbocycles. The Morgan fingerprint density at radius 2 is 1.95 bits per heavy atom. The van der Waals surface area contributed by atoms with Crippen LogP contribution in [0.1, 0.15) is 22.5 Å². The van der Waals surface area contributed by atoms with Crippen molar-refractivity contribution in [2.24, 2.45) is 0 Å². The number of hydrogen-bond acceptors (Lipinski definition) is 1. The molecule has 0 unspecified atom stereocenters. The number of rotatable bonds is 3. The molecule has 102 valence electrons. The highest BCUT2D eigenvalue weighted by molar-refractivity contribution is 9.10. The summed E-state index contributed by atoms with van der Waals surface area (Å²) in [6.45, 7) is 3.71. The minimum absolute atomic E-state index is 0.0129. The molecule has 1 aromatic heterocycles. The van der Waals surface area contributed by atoms with Gasteiger partial charge in [-0.05, 0) is 41.9 Å². The zero-order valence-electron chi connectivity index (χ0n) is 10.5. The summed E-state index contributed by atoms with van der Waals surface area (Å²) in [4.78, 5) is 0. The molecule has 0 saturated heterocycles. The highest BCUT2D eigenvalue weighted by atomic mass is 79.9. The number of nitrogens with zero attached hydrogens (tertiary/aromatic N) is 2. The first kappa shape index (κ1) is 14.5. The summed E-state index contributed by atoms with van der Waals surface area (Å²) >= 11 is 8.89. The molecule has 2 aromatic rings. The lowest BCUT2D eigenvalue weighted by Crippen LogP contribution is -2.08. The molecule has 1 heterocycles. The van der Waals surface area contributed by atoms with E-state index in [1.54, 1.807) is 4.68 Å². The SMILES string of the molecule is Cc1nn(Cc2c(F)ccc(Br)c2F)c(C)c1CCl. The normalized spacial score (nSPS) is 11.1. The maximum Gasteiger partial charge on any atom is 0.145 e. The van der Waals surface area contributed by atoms with Gasteiger partial charge < -0.3 is 0 Å². The standard InChI is InChI=1S/C13H12BrClF2N2/c1-7-9(5-15)8(2)19(18-7)6-10-12(16)4-3-11(14)13(10)17/h3-4H,5-6H2,1-2H3. The Bertz CT molecular complexity index is 626. The fourth-order valence-corrected chi connectivity index (χ4v) is 2.70. The first-order valence-corrected chi connectivity index (χ1v) is 6.99. The van der Waals surface area contributed by atoms with E-state index in [-0.39, 0.29) is 16.6 Å². The number of halogens is 4. The van der Waals surface area contributed by atoms with Crippen LogP contribution in [0.3, 0.4) is 0 Å². The second kappa shape index (κ2) is 5.59. The molecular formula is C13H12BrClF2N2. The van der Waals surface area contributed by atoms with Gasteiger partial charge in [0.25, 0.3) is 0 Å². The van der Waals surface area contributed by atoms with E-state index in [2.05, 4.69) is 21.0 Å². The fraction of sp³-hybridized carbons (Fsp3) is 0.308. The van der Waals surface area contributed by atoms with Crippen molar-refractivity contribution in [2.75, 3.05) is 0 Å². The van der Waals surface area contributed by atoms with E-state index in [4.69, 9.17) is 11.6 Å². The summed E-state index contributed by atoms with van der Waals surface area (Å²) in [5.74, 6) is -0.846. The van der Waals surface area contributed by atoms with Crippen molar-refractivity contribution in [3.63, 3.8) is 0 Å². The second-order valence-corrected chi connectivity index (χ2v) is 5.38. The number of aromatic nitrogens is 2. The van der Waals surface area contributed by atoms with Crippen molar-refractivity contribution < 1.29 is 8.78 Å². The molecule has 0 fully saturated rings. The molecule has 6 heteroatoms. The lowest BCUT2D eigenvalue weighted by molar-refractivity contribution is 0.525. The van der Waals surface area contributed by atoms with Crippen LogP contribution in [0.4, 0.5) is 8.78 Å². The van der Waals surface area contributed by atoms with E-state index < -0.39 is 11.6 Å². The van der Waals surface area contributed by atoms with Crippen LogP contribution in [-0.4, -0.2) is 9.78 Å². The highest BCUT2D eigenvalue weighted by Gasteiger charge is 2.16. The molecule has 0 N–H and O–H groups in total. The summed E-state index contributed by atoms with van der Waals surface area (Å²) in [6, 6.07) is 2.58. The summed E-state index contributed by atoms with van der Waals surface area (Å²) < 4.78 is 29.4. The van der Waals surface area contributed by atoms with Gasteiger partial charge in [-0.2, -0.15) is 5.10 Å². The number of benzene rings is 1. The van der Waals surface area contributed by atoms with Gasteiger partial charge in [-0.3, -0.25) is 4.68 Å². The molecule has 2 rings (SSSR count). The van der Waals surface area contributed by atoms with Gasteiger partial charge in [0.15, 0.2) is 0 Å². The zero-order chi connectivity index (χ0) is 14.2. The van der Waals surface area contributed by atoms with Crippen LogP contribution in [0.25, 0.3) is 0 Å². The van der Waals surface area contributed by atoms with Gasteiger partial charge >= 0.3 is 0 Å². The Hall–Kier alpha value is -0.940. The van der Waals surface area contributed by atoms with Crippen molar-refractivity contribution in [2.45, 2.75) is 26.3 Å². The van der Waals surface area contributed by atoms with E-state index in [1.807, 2.05) is 13.8 Å². The topological polar surface area (TPSA) is 17.8 Å². The number of aryl methyl sites for hydroxylation is 1. The van der Waals surface area contributed by atoms with E-state index in [0.717, 1.165) is 17.0 Å². The van der Waals surface area contributed by atoms with Crippen molar-refractivity contribution in [1.29, 1.82) is 0 Å². The molecule has 0 bridgehead atoms. The van der Waals surface area contributed by atoms with Crippen molar-refractivity contribution >= 4 is 27.5 Å². The molecule has 0 amide bonds. The second-order valence-electron chi connectivity index (χ2n) is 4.26. The van der Waals surface area contributed by atoms with Gasteiger partial charge in [0, 0.05) is 16.8 Å². The third-order valence-corrected chi connectivity index (χ3v) is 3.99. The van der Waals surface area contributed by atoms with Crippen LogP contribution in [-0.2, 0) is 12.4 Å². The van der Waals surface area contributed by atoms with Crippen LogP contribution in [0.5, 0.6) is 0 Å². The molecular weight excluding hydrogens is 338 g/mol. The molecule has 2 nitrogen and oxygen atoms in total. The first-order chi connectivity index (χ1) is 8.95. The Balaban J connectivity index is 2.45. The zero-order valence-corrected chi connectivity index (χ0v) is 12.8. The average Bonchev–Trinajstić information content (AvgIpc) is 2.64. The molecule has 0 radical (unpaired) electrons. The van der Waals surface area contributed by atoms with E-state index in [9.17, 15) is 8.78 Å². The van der Waals surface area contributed by atoms with Crippen LogP contribution < -0.4 is 0 Å². The summed E-state index contributed by atoms with van der Waals surface area (Å²) in [5, 5.41) is 4.27. The average molecular weight is 350 g/mol. The van der Waals surface area contributed by atoms with E-state index >= 15 is 0 Å². The first-order valence-electron chi connectivity index (χ1n) is 5.67. The number of hydrogen-bond donors (Lipinski definition) is 0. The third-order valence-electron chi connectivity index (χ3n) is 3.11. The third kappa shape index (κ3) is 2.67. The summed E-state index contributed by atoms with van der Waals surface area (Å²) in [7, 11) is 0. The van der Waals surface area contributed by atoms with Crippen LogP contribution in [0.15, 0.2) is 16.6 Å². The largest absolute Gasteiger partial charge is 0.265 e. The smallest absolute Gasteiger partial charge is 0.145 e. The monoisotopic (exact) mass is 348 g/mol. The van der Waals surface area contributed by atoms with Gasteiger partial charge in [0.2, 0.25) is 0 Å². The molecule has 19 heavy (non-hydrogen) atoms. The van der Waals surface area contributed by atoms with Gasteiger partial charge in [-0.1, -0.05) is 0 Å². The molecule has 0 spiro atoms. The van der Waals surface area contributed by atoms with Crippen molar-refractivity contribution in [3.05, 3.63) is 50.8 Å². The van der Waals surface area contributed by atoms with Gasteiger partial charge in [0.05, 0.1) is 22.6 Å². The van der Waals surface area contributed by atoms with Gasteiger partial charge in [-0.25, -0.2) is 8.78 Å². The fourth-order valence-electron chi connectivity index (χ4n) is 1.95. The molecule has 1 aromatic carbocycles.